The average molecular weight is 342 g/mol. The number of amides is 1. The molecule has 4 nitrogen and oxygen atoms in total. The predicted molar refractivity (Wildman–Crippen MR) is 96.4 cm³/mol. The zero-order valence-electron chi connectivity index (χ0n) is 13.3. The van der Waals surface area contributed by atoms with Gasteiger partial charge in [-0.05, 0) is 42.5 Å². The zero-order chi connectivity index (χ0) is 17.3. The molecule has 5 heteroatoms. The Morgan fingerprint density at radius 1 is 1.08 bits per heavy atom. The lowest BCUT2D eigenvalue weighted by Crippen LogP contribution is -2.17. The Labute approximate surface area is 144 Å². The minimum atomic E-state index is -0.165. The molecule has 0 saturated heterocycles. The Bertz CT molecular complexity index is 959. The van der Waals surface area contributed by atoms with Gasteiger partial charge in [-0.2, -0.15) is 0 Å². The van der Waals surface area contributed by atoms with Crippen LogP contribution in [0, 0.1) is 5.92 Å². The largest absolute Gasteiger partial charge is 0.456 e. The molecule has 0 spiro atoms. The van der Waals surface area contributed by atoms with Crippen LogP contribution in [-0.4, -0.2) is 5.91 Å². The van der Waals surface area contributed by atoms with Crippen LogP contribution in [0.1, 0.15) is 13.8 Å². The number of hydrogen-bond donors (Lipinski definition) is 1. The maximum atomic E-state index is 12.4. The molecule has 0 radical (unpaired) electrons. The van der Waals surface area contributed by atoms with E-state index in [0.717, 1.165) is 5.56 Å². The number of benzene rings is 2. The van der Waals surface area contributed by atoms with Crippen molar-refractivity contribution in [3.05, 3.63) is 63.8 Å². The molecule has 0 aliphatic rings. The number of anilines is 1. The number of carbonyl (C=O) groups is 1. The van der Waals surface area contributed by atoms with E-state index in [1.807, 2.05) is 13.8 Å². The highest BCUT2D eigenvalue weighted by atomic mass is 35.5. The molecule has 2 aromatic carbocycles. The molecule has 0 fully saturated rings. The molecule has 1 amide bonds. The summed E-state index contributed by atoms with van der Waals surface area (Å²) in [7, 11) is 0. The maximum absolute atomic E-state index is 12.4. The van der Waals surface area contributed by atoms with E-state index in [-0.39, 0.29) is 17.3 Å². The van der Waals surface area contributed by atoms with E-state index in [0.29, 0.717) is 27.4 Å². The van der Waals surface area contributed by atoms with Crippen molar-refractivity contribution < 1.29 is 9.21 Å². The van der Waals surface area contributed by atoms with E-state index in [1.54, 1.807) is 42.5 Å². The lowest BCUT2D eigenvalue weighted by Gasteiger charge is -2.09. The van der Waals surface area contributed by atoms with Crippen LogP contribution in [0.2, 0.25) is 5.02 Å². The van der Waals surface area contributed by atoms with Gasteiger partial charge in [0.05, 0.1) is 5.39 Å². The molecule has 24 heavy (non-hydrogen) atoms. The first-order valence-corrected chi connectivity index (χ1v) is 7.96. The average Bonchev–Trinajstić information content (AvgIpc) is 2.55. The Hall–Kier alpha value is -2.59. The van der Waals surface area contributed by atoms with Crippen molar-refractivity contribution in [3.63, 3.8) is 0 Å². The van der Waals surface area contributed by atoms with Gasteiger partial charge >= 0.3 is 0 Å². The van der Waals surface area contributed by atoms with Crippen molar-refractivity contribution >= 4 is 34.2 Å². The summed E-state index contributed by atoms with van der Waals surface area (Å²) >= 11 is 5.88. The van der Waals surface area contributed by atoms with Crippen LogP contribution in [0.5, 0.6) is 0 Å². The molecule has 0 bridgehead atoms. The first-order valence-electron chi connectivity index (χ1n) is 7.59. The molecular weight excluding hydrogens is 326 g/mol. The molecule has 3 rings (SSSR count). The third-order valence-electron chi connectivity index (χ3n) is 3.65. The molecule has 122 valence electrons. The van der Waals surface area contributed by atoms with Crippen LogP contribution >= 0.6 is 11.6 Å². The van der Waals surface area contributed by atoms with Crippen LogP contribution in [0.3, 0.4) is 0 Å². The maximum Gasteiger partial charge on any atom is 0.226 e. The molecule has 0 saturated carbocycles. The van der Waals surface area contributed by atoms with Crippen LogP contribution in [0.15, 0.2) is 57.7 Å². The molecule has 1 heterocycles. The summed E-state index contributed by atoms with van der Waals surface area (Å²) in [6.07, 6.45) is 0. The molecule has 0 unspecified atom stereocenters. The number of halogens is 1. The second kappa shape index (κ2) is 6.49. The minimum Gasteiger partial charge on any atom is -0.456 e. The fourth-order valence-corrected chi connectivity index (χ4v) is 2.40. The van der Waals surface area contributed by atoms with Crippen molar-refractivity contribution in [1.82, 2.24) is 0 Å². The topological polar surface area (TPSA) is 59.3 Å². The van der Waals surface area contributed by atoms with Crippen molar-refractivity contribution in [3.8, 4) is 11.3 Å². The number of nitrogens with one attached hydrogen (secondary N) is 1. The van der Waals surface area contributed by atoms with Gasteiger partial charge in [-0.3, -0.25) is 9.59 Å². The lowest BCUT2D eigenvalue weighted by molar-refractivity contribution is -0.118. The molecule has 0 atom stereocenters. The smallest absolute Gasteiger partial charge is 0.226 e. The van der Waals surface area contributed by atoms with Gasteiger partial charge in [0, 0.05) is 28.3 Å². The van der Waals surface area contributed by atoms with Crippen LogP contribution in [-0.2, 0) is 4.79 Å². The quantitative estimate of drug-likeness (QED) is 0.750. The second-order valence-electron chi connectivity index (χ2n) is 5.84. The summed E-state index contributed by atoms with van der Waals surface area (Å²) in [5, 5.41) is 3.82. The van der Waals surface area contributed by atoms with Gasteiger partial charge in [-0.25, -0.2) is 0 Å². The highest BCUT2D eigenvalue weighted by molar-refractivity contribution is 6.30. The summed E-state index contributed by atoms with van der Waals surface area (Å²) in [5.74, 6) is 0.240. The van der Waals surface area contributed by atoms with Gasteiger partial charge in [0.25, 0.3) is 0 Å². The van der Waals surface area contributed by atoms with Gasteiger partial charge in [-0.15, -0.1) is 0 Å². The summed E-state index contributed by atoms with van der Waals surface area (Å²) in [6, 6.07) is 13.6. The number of hydrogen-bond acceptors (Lipinski definition) is 3. The van der Waals surface area contributed by atoms with Gasteiger partial charge in [-0.1, -0.05) is 25.4 Å². The molecule has 0 aliphatic carbocycles. The standard InChI is InChI=1S/C19H16ClNO3/c1-11(2)19(23)21-14-7-8-17-15(9-14)16(22)10-18(24-17)12-3-5-13(20)6-4-12/h3-11H,1-2H3,(H,21,23). The minimum absolute atomic E-state index is 0.100. The van der Waals surface area contributed by atoms with E-state index in [4.69, 9.17) is 16.0 Å². The summed E-state index contributed by atoms with van der Waals surface area (Å²) in [5.41, 5.74) is 1.65. The lowest BCUT2D eigenvalue weighted by atomic mass is 10.1. The molecule has 1 N–H and O–H groups in total. The van der Waals surface area contributed by atoms with Crippen molar-refractivity contribution in [1.29, 1.82) is 0 Å². The second-order valence-corrected chi connectivity index (χ2v) is 6.27. The highest BCUT2D eigenvalue weighted by Gasteiger charge is 2.11. The monoisotopic (exact) mass is 341 g/mol. The van der Waals surface area contributed by atoms with E-state index in [2.05, 4.69) is 5.32 Å². The Morgan fingerprint density at radius 3 is 2.46 bits per heavy atom. The van der Waals surface area contributed by atoms with Gasteiger partial charge in [0.15, 0.2) is 5.43 Å². The normalized spacial score (nSPS) is 11.0. The van der Waals surface area contributed by atoms with E-state index in [1.165, 1.54) is 6.07 Å². The molecule has 1 aromatic heterocycles. The fourth-order valence-electron chi connectivity index (χ4n) is 2.28. The number of rotatable bonds is 3. The van der Waals surface area contributed by atoms with E-state index >= 15 is 0 Å². The Kier molecular flexibility index (Phi) is 4.40. The van der Waals surface area contributed by atoms with Gasteiger partial charge in [0.1, 0.15) is 11.3 Å². The number of fused-ring (bicyclic) bond motifs is 1. The first-order chi connectivity index (χ1) is 11.4. The van der Waals surface area contributed by atoms with Gasteiger partial charge in [0.2, 0.25) is 5.91 Å². The molecular formula is C19H16ClNO3. The van der Waals surface area contributed by atoms with Gasteiger partial charge < -0.3 is 9.73 Å². The first kappa shape index (κ1) is 16.3. The van der Waals surface area contributed by atoms with E-state index < -0.39 is 0 Å². The SMILES string of the molecule is CC(C)C(=O)Nc1ccc2oc(-c3ccc(Cl)cc3)cc(=O)c2c1. The van der Waals surface area contributed by atoms with Crippen LogP contribution in [0.25, 0.3) is 22.3 Å². The summed E-state index contributed by atoms with van der Waals surface area (Å²) < 4.78 is 5.82. The third-order valence-corrected chi connectivity index (χ3v) is 3.90. The summed E-state index contributed by atoms with van der Waals surface area (Å²) in [6.45, 7) is 3.62. The van der Waals surface area contributed by atoms with Crippen molar-refractivity contribution in [2.45, 2.75) is 13.8 Å². The Morgan fingerprint density at radius 2 is 1.79 bits per heavy atom. The van der Waals surface area contributed by atoms with Crippen molar-refractivity contribution in [2.75, 3.05) is 5.32 Å². The fraction of sp³-hybridized carbons (Fsp3) is 0.158. The highest BCUT2D eigenvalue weighted by Crippen LogP contribution is 2.25. The van der Waals surface area contributed by atoms with E-state index in [9.17, 15) is 9.59 Å². The van der Waals surface area contributed by atoms with Crippen LogP contribution in [0.4, 0.5) is 5.69 Å². The number of carbonyl (C=O) groups excluding carboxylic acids is 1. The third kappa shape index (κ3) is 3.34. The predicted octanol–water partition coefficient (Wildman–Crippen LogP) is 4.71. The molecule has 3 aromatic rings. The summed E-state index contributed by atoms with van der Waals surface area (Å²) in [4.78, 5) is 24.2. The Balaban J connectivity index is 2.02. The zero-order valence-corrected chi connectivity index (χ0v) is 14.1. The van der Waals surface area contributed by atoms with Crippen LogP contribution < -0.4 is 10.7 Å². The van der Waals surface area contributed by atoms with Crippen molar-refractivity contribution in [2.24, 2.45) is 5.92 Å². The molecule has 0 aliphatic heterocycles.